The Hall–Kier alpha value is -3.19. The van der Waals surface area contributed by atoms with E-state index in [1.165, 1.54) is 6.20 Å². The van der Waals surface area contributed by atoms with Crippen molar-refractivity contribution in [2.24, 2.45) is 7.05 Å². The van der Waals surface area contributed by atoms with Crippen LogP contribution in [0.2, 0.25) is 5.02 Å². The summed E-state index contributed by atoms with van der Waals surface area (Å²) in [4.78, 5) is 19.5. The van der Waals surface area contributed by atoms with E-state index in [2.05, 4.69) is 20.4 Å². The van der Waals surface area contributed by atoms with Crippen LogP contribution in [0.4, 0.5) is 10.2 Å². The zero-order chi connectivity index (χ0) is 20.7. The van der Waals surface area contributed by atoms with Crippen molar-refractivity contribution < 1.29 is 4.39 Å². The Morgan fingerprint density at radius 2 is 2.03 bits per heavy atom. The quantitative estimate of drug-likeness (QED) is 0.514. The van der Waals surface area contributed by atoms with Crippen LogP contribution in [-0.4, -0.2) is 19.7 Å². The minimum Gasteiger partial charge on any atom is -0.361 e. The molecule has 0 aliphatic rings. The van der Waals surface area contributed by atoms with Gasteiger partial charge in [-0.1, -0.05) is 11.6 Å². The molecule has 0 spiro atoms. The van der Waals surface area contributed by atoms with Gasteiger partial charge in [0, 0.05) is 40.3 Å². The fraction of sp³-hybridized carbons (Fsp3) is 0.190. The van der Waals surface area contributed by atoms with E-state index >= 15 is 4.39 Å². The summed E-state index contributed by atoms with van der Waals surface area (Å²) in [6.07, 6.45) is 1.53. The van der Waals surface area contributed by atoms with Crippen LogP contribution in [-0.2, 0) is 7.05 Å². The SMILES string of the molecule is Cc1cc(-c2ccnc(N[C@@H](C)c3cc4cc(Cl)ccc4[nH]c3=O)c2F)n(C)n1. The molecule has 0 unspecified atom stereocenters. The first-order valence-electron chi connectivity index (χ1n) is 9.08. The predicted molar refractivity (Wildman–Crippen MR) is 113 cm³/mol. The van der Waals surface area contributed by atoms with Crippen molar-refractivity contribution in [3.8, 4) is 11.3 Å². The average molecular weight is 412 g/mol. The minimum atomic E-state index is -0.498. The summed E-state index contributed by atoms with van der Waals surface area (Å²) in [5.74, 6) is -0.429. The molecule has 0 saturated carbocycles. The van der Waals surface area contributed by atoms with E-state index < -0.39 is 11.9 Å². The molecule has 8 heteroatoms. The second kappa shape index (κ2) is 7.33. The maximum Gasteiger partial charge on any atom is 0.253 e. The van der Waals surface area contributed by atoms with Crippen LogP contribution in [0.1, 0.15) is 24.2 Å². The Kier molecular flexibility index (Phi) is 4.84. The lowest BCUT2D eigenvalue weighted by Gasteiger charge is -2.16. The third-order valence-electron chi connectivity index (χ3n) is 4.82. The van der Waals surface area contributed by atoms with Gasteiger partial charge in [-0.3, -0.25) is 9.48 Å². The number of benzene rings is 1. The number of nitrogens with zero attached hydrogens (tertiary/aromatic N) is 3. The number of aromatic nitrogens is 4. The Labute approximate surface area is 171 Å². The van der Waals surface area contributed by atoms with E-state index in [9.17, 15) is 4.79 Å². The molecule has 0 fully saturated rings. The Morgan fingerprint density at radius 3 is 2.76 bits per heavy atom. The van der Waals surface area contributed by atoms with Gasteiger partial charge in [-0.15, -0.1) is 0 Å². The van der Waals surface area contributed by atoms with E-state index in [1.54, 1.807) is 49.0 Å². The summed E-state index contributed by atoms with van der Waals surface area (Å²) in [6.45, 7) is 3.63. The lowest BCUT2D eigenvalue weighted by atomic mass is 10.1. The molecule has 0 aliphatic carbocycles. The number of aromatic amines is 1. The molecule has 148 valence electrons. The van der Waals surface area contributed by atoms with E-state index in [0.717, 1.165) is 11.1 Å². The monoisotopic (exact) mass is 411 g/mol. The molecular weight excluding hydrogens is 393 g/mol. The van der Waals surface area contributed by atoms with Crippen molar-refractivity contribution >= 4 is 28.3 Å². The first kappa shape index (κ1) is 19.1. The highest BCUT2D eigenvalue weighted by atomic mass is 35.5. The summed E-state index contributed by atoms with van der Waals surface area (Å²) >= 11 is 6.06. The van der Waals surface area contributed by atoms with Crippen molar-refractivity contribution in [2.45, 2.75) is 19.9 Å². The van der Waals surface area contributed by atoms with Crippen molar-refractivity contribution in [3.05, 3.63) is 75.0 Å². The van der Waals surface area contributed by atoms with E-state index in [4.69, 9.17) is 11.6 Å². The average Bonchev–Trinajstić information content (AvgIpc) is 3.01. The molecule has 3 heterocycles. The molecule has 4 aromatic rings. The van der Waals surface area contributed by atoms with Crippen LogP contribution in [0.25, 0.3) is 22.2 Å². The molecule has 1 atom stereocenters. The van der Waals surface area contributed by atoms with Gasteiger partial charge in [-0.05, 0) is 50.2 Å². The summed E-state index contributed by atoms with van der Waals surface area (Å²) in [7, 11) is 1.76. The largest absolute Gasteiger partial charge is 0.361 e. The zero-order valence-corrected chi connectivity index (χ0v) is 16.9. The predicted octanol–water partition coefficient (Wildman–Crippen LogP) is 4.60. The smallest absolute Gasteiger partial charge is 0.253 e. The molecule has 0 amide bonds. The first-order valence-corrected chi connectivity index (χ1v) is 9.46. The van der Waals surface area contributed by atoms with Crippen LogP contribution in [0.5, 0.6) is 0 Å². The molecule has 29 heavy (non-hydrogen) atoms. The molecule has 4 rings (SSSR count). The fourth-order valence-electron chi connectivity index (χ4n) is 3.40. The molecule has 0 saturated heterocycles. The van der Waals surface area contributed by atoms with E-state index in [-0.39, 0.29) is 11.4 Å². The van der Waals surface area contributed by atoms with Crippen LogP contribution in [0.15, 0.2) is 47.4 Å². The second-order valence-corrected chi connectivity index (χ2v) is 7.40. The number of nitrogens with one attached hydrogen (secondary N) is 2. The summed E-state index contributed by atoms with van der Waals surface area (Å²) in [5.41, 5.74) is 2.73. The van der Waals surface area contributed by atoms with Crippen LogP contribution in [0.3, 0.4) is 0 Å². The topological polar surface area (TPSA) is 75.6 Å². The molecule has 1 aromatic carbocycles. The fourth-order valence-corrected chi connectivity index (χ4v) is 3.58. The Balaban J connectivity index is 1.70. The highest BCUT2D eigenvalue weighted by Gasteiger charge is 2.18. The molecule has 6 nitrogen and oxygen atoms in total. The maximum absolute atomic E-state index is 15.2. The van der Waals surface area contributed by atoms with Gasteiger partial charge < -0.3 is 10.3 Å². The van der Waals surface area contributed by atoms with Gasteiger partial charge in [0.1, 0.15) is 0 Å². The number of fused-ring (bicyclic) bond motifs is 1. The maximum atomic E-state index is 15.2. The zero-order valence-electron chi connectivity index (χ0n) is 16.1. The van der Waals surface area contributed by atoms with Crippen LogP contribution < -0.4 is 10.9 Å². The third kappa shape index (κ3) is 3.61. The normalized spacial score (nSPS) is 12.3. The van der Waals surface area contributed by atoms with Crippen molar-refractivity contribution in [3.63, 3.8) is 0 Å². The van der Waals surface area contributed by atoms with Crippen molar-refractivity contribution in [1.82, 2.24) is 19.7 Å². The molecule has 0 aliphatic heterocycles. The van der Waals surface area contributed by atoms with E-state index in [0.29, 0.717) is 27.4 Å². The lowest BCUT2D eigenvalue weighted by molar-refractivity contribution is 0.621. The lowest BCUT2D eigenvalue weighted by Crippen LogP contribution is -2.20. The summed E-state index contributed by atoms with van der Waals surface area (Å²) < 4.78 is 16.8. The van der Waals surface area contributed by atoms with Crippen molar-refractivity contribution in [1.29, 1.82) is 0 Å². The minimum absolute atomic E-state index is 0.0689. The number of hydrogen-bond donors (Lipinski definition) is 2. The first-order chi connectivity index (χ1) is 13.8. The molecule has 3 aromatic heterocycles. The third-order valence-corrected chi connectivity index (χ3v) is 5.06. The van der Waals surface area contributed by atoms with Gasteiger partial charge >= 0.3 is 0 Å². The number of halogens is 2. The second-order valence-electron chi connectivity index (χ2n) is 6.97. The number of H-pyrrole nitrogens is 1. The van der Waals surface area contributed by atoms with Crippen LogP contribution in [0, 0.1) is 12.7 Å². The van der Waals surface area contributed by atoms with Gasteiger partial charge in [-0.2, -0.15) is 5.10 Å². The highest BCUT2D eigenvalue weighted by Crippen LogP contribution is 2.28. The summed E-state index contributed by atoms with van der Waals surface area (Å²) in [6, 6.07) is 9.92. The van der Waals surface area contributed by atoms with Gasteiger partial charge in [0.25, 0.3) is 5.56 Å². The van der Waals surface area contributed by atoms with Crippen LogP contribution >= 0.6 is 11.6 Å². The van der Waals surface area contributed by atoms with Gasteiger partial charge in [0.15, 0.2) is 11.6 Å². The van der Waals surface area contributed by atoms with Gasteiger partial charge in [-0.25, -0.2) is 9.37 Å². The molecule has 0 bridgehead atoms. The number of pyridine rings is 2. The summed E-state index contributed by atoms with van der Waals surface area (Å²) in [5, 5.41) is 8.65. The molecule has 2 N–H and O–H groups in total. The van der Waals surface area contributed by atoms with E-state index in [1.807, 2.05) is 13.0 Å². The number of hydrogen-bond acceptors (Lipinski definition) is 4. The Bertz CT molecular complexity index is 1280. The van der Waals surface area contributed by atoms with Gasteiger partial charge in [0.2, 0.25) is 0 Å². The number of anilines is 1. The molecule has 0 radical (unpaired) electrons. The highest BCUT2D eigenvalue weighted by molar-refractivity contribution is 6.31. The van der Waals surface area contributed by atoms with Gasteiger partial charge in [0.05, 0.1) is 17.4 Å². The van der Waals surface area contributed by atoms with Crippen molar-refractivity contribution in [2.75, 3.05) is 5.32 Å². The number of aryl methyl sites for hydroxylation is 2. The Morgan fingerprint density at radius 1 is 1.24 bits per heavy atom. The standard InChI is InChI=1S/C21H19ClFN5O/c1-11-8-18(28(3)27-11)15-6-7-24-20(19(15)23)25-12(2)16-10-13-9-14(22)4-5-17(13)26-21(16)29/h4-10,12H,1-3H3,(H,24,25)(H,26,29)/t12-/m0/s1. The number of rotatable bonds is 4. The molecular formula is C21H19ClFN5O.